The molecule has 4 heteroatoms. The van der Waals surface area contributed by atoms with Crippen LogP contribution in [0.4, 0.5) is 5.69 Å². The second-order valence-electron chi connectivity index (χ2n) is 4.87. The Morgan fingerprint density at radius 2 is 1.62 bits per heavy atom. The number of nitro groups is 1. The lowest BCUT2D eigenvalue weighted by Crippen LogP contribution is -1.93. The molecule has 0 fully saturated rings. The summed E-state index contributed by atoms with van der Waals surface area (Å²) in [6.07, 6.45) is 3.80. The summed E-state index contributed by atoms with van der Waals surface area (Å²) in [7, 11) is 1.42. The number of nitrogens with zero attached hydrogens (tertiary/aromatic N) is 1. The molecule has 2 aromatic carbocycles. The van der Waals surface area contributed by atoms with Gasteiger partial charge in [-0.3, -0.25) is 10.1 Å². The number of hydrogen-bond acceptors (Lipinski definition) is 3. The van der Waals surface area contributed by atoms with E-state index in [1.54, 1.807) is 12.1 Å². The molecule has 0 unspecified atom stereocenters. The van der Waals surface area contributed by atoms with Gasteiger partial charge < -0.3 is 4.74 Å². The lowest BCUT2D eigenvalue weighted by Gasteiger charge is -2.03. The van der Waals surface area contributed by atoms with Crippen LogP contribution in [0.5, 0.6) is 5.75 Å². The van der Waals surface area contributed by atoms with Crippen molar-refractivity contribution < 1.29 is 9.66 Å². The van der Waals surface area contributed by atoms with E-state index in [0.717, 1.165) is 11.1 Å². The fourth-order valence-corrected chi connectivity index (χ4v) is 2.01. The number of aryl methyl sites for hydroxylation is 2. The van der Waals surface area contributed by atoms with E-state index < -0.39 is 4.92 Å². The molecule has 0 heterocycles. The summed E-state index contributed by atoms with van der Waals surface area (Å²) in [5.41, 5.74) is 4.27. The number of ether oxygens (including phenoxy) is 1. The van der Waals surface area contributed by atoms with Crippen LogP contribution in [0.15, 0.2) is 36.4 Å². The van der Waals surface area contributed by atoms with E-state index in [-0.39, 0.29) is 11.4 Å². The summed E-state index contributed by atoms with van der Waals surface area (Å²) in [6.45, 7) is 4.13. The third kappa shape index (κ3) is 3.48. The maximum atomic E-state index is 11.0. The highest BCUT2D eigenvalue weighted by Gasteiger charge is 2.14. The monoisotopic (exact) mass is 283 g/mol. The van der Waals surface area contributed by atoms with E-state index in [4.69, 9.17) is 4.74 Å². The Labute approximate surface area is 123 Å². The minimum absolute atomic E-state index is 0.0280. The van der Waals surface area contributed by atoms with Gasteiger partial charge in [-0.15, -0.1) is 0 Å². The van der Waals surface area contributed by atoms with Crippen molar-refractivity contribution in [1.82, 2.24) is 0 Å². The molecule has 0 atom stereocenters. The molecule has 2 aromatic rings. The van der Waals surface area contributed by atoms with Gasteiger partial charge in [0.1, 0.15) is 0 Å². The molecule has 0 radical (unpaired) electrons. The molecule has 0 aromatic heterocycles. The third-order valence-corrected chi connectivity index (χ3v) is 3.40. The van der Waals surface area contributed by atoms with Crippen molar-refractivity contribution in [2.45, 2.75) is 13.8 Å². The van der Waals surface area contributed by atoms with Gasteiger partial charge in [-0.05, 0) is 42.2 Å². The molecule has 0 saturated carbocycles. The van der Waals surface area contributed by atoms with Gasteiger partial charge in [0.05, 0.1) is 12.0 Å². The first-order valence-corrected chi connectivity index (χ1v) is 6.59. The Kier molecular flexibility index (Phi) is 4.38. The predicted molar refractivity (Wildman–Crippen MR) is 84.5 cm³/mol. The molecule has 0 saturated heterocycles. The standard InChI is InChI=1S/C17H17NO3/c1-12-4-5-14(10-13(12)2)6-7-15-8-9-17(21-3)16(11-15)18(19)20/h4-11H,1-3H3/b7-6-. The molecular formula is C17H17NO3. The van der Waals surface area contributed by atoms with Gasteiger partial charge >= 0.3 is 5.69 Å². The molecule has 4 nitrogen and oxygen atoms in total. The quantitative estimate of drug-likeness (QED) is 0.475. The van der Waals surface area contributed by atoms with E-state index in [1.807, 2.05) is 18.2 Å². The summed E-state index contributed by atoms with van der Waals surface area (Å²) in [5, 5.41) is 11.0. The average Bonchev–Trinajstić information content (AvgIpc) is 2.48. The zero-order valence-electron chi connectivity index (χ0n) is 12.3. The minimum Gasteiger partial charge on any atom is -0.490 e. The second kappa shape index (κ2) is 6.22. The van der Waals surface area contributed by atoms with Crippen molar-refractivity contribution in [2.24, 2.45) is 0 Å². The van der Waals surface area contributed by atoms with Crippen molar-refractivity contribution in [3.8, 4) is 5.75 Å². The lowest BCUT2D eigenvalue weighted by molar-refractivity contribution is -0.385. The van der Waals surface area contributed by atoms with Crippen LogP contribution in [-0.4, -0.2) is 12.0 Å². The van der Waals surface area contributed by atoms with E-state index in [9.17, 15) is 10.1 Å². The zero-order chi connectivity index (χ0) is 15.4. The highest BCUT2D eigenvalue weighted by molar-refractivity contribution is 5.72. The molecule has 21 heavy (non-hydrogen) atoms. The third-order valence-electron chi connectivity index (χ3n) is 3.40. The zero-order valence-corrected chi connectivity index (χ0v) is 12.3. The van der Waals surface area contributed by atoms with Gasteiger partial charge in [0.15, 0.2) is 5.75 Å². The van der Waals surface area contributed by atoms with Crippen molar-refractivity contribution in [1.29, 1.82) is 0 Å². The number of benzene rings is 2. The van der Waals surface area contributed by atoms with Crippen LogP contribution in [0.25, 0.3) is 12.2 Å². The van der Waals surface area contributed by atoms with E-state index in [2.05, 4.69) is 26.0 Å². The number of methoxy groups -OCH3 is 1. The SMILES string of the molecule is COc1ccc(/C=C\c2ccc(C)c(C)c2)cc1[N+](=O)[O-]. The summed E-state index contributed by atoms with van der Waals surface area (Å²) < 4.78 is 4.99. The summed E-state index contributed by atoms with van der Waals surface area (Å²) in [5.74, 6) is 0.267. The van der Waals surface area contributed by atoms with Crippen LogP contribution in [0.1, 0.15) is 22.3 Å². The maximum absolute atomic E-state index is 11.0. The van der Waals surface area contributed by atoms with E-state index in [1.165, 1.54) is 24.3 Å². The average molecular weight is 283 g/mol. The smallest absolute Gasteiger partial charge is 0.311 e. The first-order valence-electron chi connectivity index (χ1n) is 6.59. The van der Waals surface area contributed by atoms with Gasteiger partial charge in [0.2, 0.25) is 0 Å². The fourth-order valence-electron chi connectivity index (χ4n) is 2.01. The molecule has 108 valence electrons. The molecule has 0 aliphatic carbocycles. The van der Waals surface area contributed by atoms with Gasteiger partial charge in [-0.2, -0.15) is 0 Å². The Balaban J connectivity index is 2.30. The first kappa shape index (κ1) is 14.8. The summed E-state index contributed by atoms with van der Waals surface area (Å²) in [4.78, 5) is 10.6. The van der Waals surface area contributed by atoms with Crippen LogP contribution in [0.3, 0.4) is 0 Å². The summed E-state index contributed by atoms with van der Waals surface area (Å²) in [6, 6.07) is 11.1. The van der Waals surface area contributed by atoms with Crippen LogP contribution in [0.2, 0.25) is 0 Å². The Bertz CT molecular complexity index is 705. The normalized spacial score (nSPS) is 10.8. The molecule has 0 N–H and O–H groups in total. The highest BCUT2D eigenvalue weighted by atomic mass is 16.6. The number of rotatable bonds is 4. The molecule has 0 aliphatic heterocycles. The van der Waals surface area contributed by atoms with Crippen molar-refractivity contribution in [3.63, 3.8) is 0 Å². The second-order valence-corrected chi connectivity index (χ2v) is 4.87. The maximum Gasteiger partial charge on any atom is 0.311 e. The van der Waals surface area contributed by atoms with Crippen molar-refractivity contribution in [2.75, 3.05) is 7.11 Å². The number of nitro benzene ring substituents is 1. The van der Waals surface area contributed by atoms with E-state index >= 15 is 0 Å². The molecule has 0 amide bonds. The van der Waals surface area contributed by atoms with Crippen LogP contribution >= 0.6 is 0 Å². The Morgan fingerprint density at radius 3 is 2.19 bits per heavy atom. The molecular weight excluding hydrogens is 266 g/mol. The van der Waals surface area contributed by atoms with E-state index in [0.29, 0.717) is 0 Å². The van der Waals surface area contributed by atoms with Crippen LogP contribution in [-0.2, 0) is 0 Å². The van der Waals surface area contributed by atoms with Gasteiger partial charge in [0.25, 0.3) is 0 Å². The molecule has 2 rings (SSSR count). The highest BCUT2D eigenvalue weighted by Crippen LogP contribution is 2.28. The number of hydrogen-bond donors (Lipinski definition) is 0. The summed E-state index contributed by atoms with van der Waals surface area (Å²) >= 11 is 0. The molecule has 0 spiro atoms. The molecule has 0 aliphatic rings. The van der Waals surface area contributed by atoms with Gasteiger partial charge in [-0.25, -0.2) is 0 Å². The first-order chi connectivity index (χ1) is 10.0. The van der Waals surface area contributed by atoms with Crippen LogP contribution in [0, 0.1) is 24.0 Å². The lowest BCUT2D eigenvalue weighted by atomic mass is 10.1. The fraction of sp³-hybridized carbons (Fsp3) is 0.176. The largest absolute Gasteiger partial charge is 0.490 e. The van der Waals surface area contributed by atoms with Crippen molar-refractivity contribution in [3.05, 3.63) is 68.8 Å². The topological polar surface area (TPSA) is 52.4 Å². The predicted octanol–water partition coefficient (Wildman–Crippen LogP) is 4.39. The molecule has 0 bridgehead atoms. The van der Waals surface area contributed by atoms with Crippen molar-refractivity contribution >= 4 is 17.8 Å². The van der Waals surface area contributed by atoms with Gasteiger partial charge in [-0.1, -0.05) is 36.4 Å². The minimum atomic E-state index is -0.438. The Hall–Kier alpha value is -2.62. The van der Waals surface area contributed by atoms with Gasteiger partial charge in [0, 0.05) is 6.07 Å². The van der Waals surface area contributed by atoms with Crippen LogP contribution < -0.4 is 4.74 Å². The Morgan fingerprint density at radius 1 is 1.00 bits per heavy atom.